The first kappa shape index (κ1) is 23.9. The van der Waals surface area contributed by atoms with Gasteiger partial charge in [0.25, 0.3) is 0 Å². The predicted molar refractivity (Wildman–Crippen MR) is 172 cm³/mol. The Balaban J connectivity index is 1.32. The number of anilines is 3. The Morgan fingerprint density at radius 3 is 1.65 bits per heavy atom. The molecule has 0 aliphatic rings. The van der Waals surface area contributed by atoms with E-state index in [9.17, 15) is 0 Å². The zero-order valence-electron chi connectivity index (χ0n) is 22.5. The number of rotatable bonds is 5. The molecule has 0 aliphatic heterocycles. The van der Waals surface area contributed by atoms with Crippen molar-refractivity contribution in [1.82, 2.24) is 0 Å². The number of fused-ring (bicyclic) bond motifs is 3. The largest absolute Gasteiger partial charge is 0.310 e. The van der Waals surface area contributed by atoms with Crippen LogP contribution in [0.15, 0.2) is 158 Å². The maximum Gasteiger partial charge on any atom is 0.0464 e. The van der Waals surface area contributed by atoms with Gasteiger partial charge in [-0.3, -0.25) is 0 Å². The van der Waals surface area contributed by atoms with Crippen LogP contribution >= 0.6 is 0 Å². The van der Waals surface area contributed by atoms with Crippen molar-refractivity contribution >= 4 is 38.6 Å². The van der Waals surface area contributed by atoms with Crippen molar-refractivity contribution in [3.63, 3.8) is 0 Å². The Hall–Kier alpha value is -5.14. The van der Waals surface area contributed by atoms with Crippen molar-refractivity contribution < 1.29 is 0 Å². The average molecular weight is 512 g/mol. The highest BCUT2D eigenvalue weighted by Gasteiger charge is 2.14. The molecule has 7 aromatic carbocycles. The Labute approximate surface area is 235 Å². The van der Waals surface area contributed by atoms with Gasteiger partial charge < -0.3 is 4.90 Å². The second-order valence-electron chi connectivity index (χ2n) is 10.3. The van der Waals surface area contributed by atoms with Crippen LogP contribution in [0.4, 0.5) is 17.1 Å². The van der Waals surface area contributed by atoms with E-state index in [1.807, 2.05) is 0 Å². The van der Waals surface area contributed by atoms with Gasteiger partial charge in [0.15, 0.2) is 0 Å². The molecule has 1 heteroatoms. The first-order valence-corrected chi connectivity index (χ1v) is 13.8. The average Bonchev–Trinajstić information content (AvgIpc) is 3.02. The highest BCUT2D eigenvalue weighted by molar-refractivity contribution is 6.13. The van der Waals surface area contributed by atoms with Gasteiger partial charge in [0.1, 0.15) is 0 Å². The highest BCUT2D eigenvalue weighted by Crippen LogP contribution is 2.39. The molecule has 7 aromatic rings. The molecule has 0 spiro atoms. The van der Waals surface area contributed by atoms with Crippen LogP contribution in [0.5, 0.6) is 0 Å². The monoisotopic (exact) mass is 511 g/mol. The SMILES string of the molecule is Cc1cccc(N(c2ccc(-c3ccccc3)cc2)c2ccc(-c3cc4ccccc4c4ccccc34)cc2)c1. The number of benzene rings is 7. The van der Waals surface area contributed by atoms with Crippen LogP contribution in [0.25, 0.3) is 43.8 Å². The maximum atomic E-state index is 2.34. The van der Waals surface area contributed by atoms with E-state index < -0.39 is 0 Å². The molecular formula is C39H29N. The maximum absolute atomic E-state index is 2.34. The lowest BCUT2D eigenvalue weighted by Gasteiger charge is -2.26. The van der Waals surface area contributed by atoms with Crippen molar-refractivity contribution in [2.75, 3.05) is 4.90 Å². The Morgan fingerprint density at radius 2 is 0.950 bits per heavy atom. The van der Waals surface area contributed by atoms with E-state index in [1.165, 1.54) is 49.4 Å². The minimum Gasteiger partial charge on any atom is -0.310 e. The summed E-state index contributed by atoms with van der Waals surface area (Å²) < 4.78 is 0. The zero-order valence-corrected chi connectivity index (χ0v) is 22.5. The molecule has 0 amide bonds. The van der Waals surface area contributed by atoms with E-state index in [4.69, 9.17) is 0 Å². The smallest absolute Gasteiger partial charge is 0.0464 e. The van der Waals surface area contributed by atoms with Gasteiger partial charge in [-0.2, -0.15) is 0 Å². The first-order chi connectivity index (χ1) is 19.7. The minimum absolute atomic E-state index is 1.13. The van der Waals surface area contributed by atoms with Crippen LogP contribution in [0.2, 0.25) is 0 Å². The van der Waals surface area contributed by atoms with Gasteiger partial charge in [0.2, 0.25) is 0 Å². The summed E-state index contributed by atoms with van der Waals surface area (Å²) in [6.07, 6.45) is 0. The van der Waals surface area contributed by atoms with Gasteiger partial charge in [-0.05, 0) is 98.8 Å². The highest BCUT2D eigenvalue weighted by atomic mass is 15.1. The van der Waals surface area contributed by atoms with E-state index in [1.54, 1.807) is 0 Å². The van der Waals surface area contributed by atoms with E-state index in [0.29, 0.717) is 0 Å². The van der Waals surface area contributed by atoms with E-state index in [2.05, 4.69) is 170 Å². The molecule has 0 saturated heterocycles. The number of nitrogens with zero attached hydrogens (tertiary/aromatic N) is 1. The molecule has 40 heavy (non-hydrogen) atoms. The van der Waals surface area contributed by atoms with E-state index in [0.717, 1.165) is 17.1 Å². The molecule has 1 nitrogen and oxygen atoms in total. The zero-order chi connectivity index (χ0) is 26.9. The van der Waals surface area contributed by atoms with Crippen molar-refractivity contribution in [2.45, 2.75) is 6.92 Å². The normalized spacial score (nSPS) is 11.1. The molecule has 0 atom stereocenters. The quantitative estimate of drug-likeness (QED) is 0.208. The van der Waals surface area contributed by atoms with Crippen LogP contribution < -0.4 is 4.90 Å². The lowest BCUT2D eigenvalue weighted by atomic mass is 9.93. The van der Waals surface area contributed by atoms with Crippen molar-refractivity contribution in [1.29, 1.82) is 0 Å². The molecule has 0 N–H and O–H groups in total. The molecule has 0 bridgehead atoms. The van der Waals surface area contributed by atoms with Gasteiger partial charge >= 0.3 is 0 Å². The summed E-state index contributed by atoms with van der Waals surface area (Å²) in [5.74, 6) is 0. The lowest BCUT2D eigenvalue weighted by Crippen LogP contribution is -2.10. The van der Waals surface area contributed by atoms with Gasteiger partial charge in [-0.25, -0.2) is 0 Å². The summed E-state index contributed by atoms with van der Waals surface area (Å²) in [7, 11) is 0. The minimum atomic E-state index is 1.13. The summed E-state index contributed by atoms with van der Waals surface area (Å²) in [6.45, 7) is 2.15. The molecular weight excluding hydrogens is 482 g/mol. The summed E-state index contributed by atoms with van der Waals surface area (Å²) >= 11 is 0. The van der Waals surface area contributed by atoms with Crippen LogP contribution in [-0.2, 0) is 0 Å². The van der Waals surface area contributed by atoms with Gasteiger partial charge in [-0.1, -0.05) is 115 Å². The number of aryl methyl sites for hydroxylation is 1. The third kappa shape index (κ3) is 4.42. The van der Waals surface area contributed by atoms with Crippen LogP contribution in [0, 0.1) is 6.92 Å². The third-order valence-electron chi connectivity index (χ3n) is 7.70. The number of hydrogen-bond donors (Lipinski definition) is 0. The van der Waals surface area contributed by atoms with E-state index in [-0.39, 0.29) is 0 Å². The van der Waals surface area contributed by atoms with Crippen LogP contribution in [-0.4, -0.2) is 0 Å². The predicted octanol–water partition coefficient (Wildman–Crippen LogP) is 11.1. The third-order valence-corrected chi connectivity index (χ3v) is 7.70. The van der Waals surface area contributed by atoms with Crippen LogP contribution in [0.1, 0.15) is 5.56 Å². The molecule has 190 valence electrons. The van der Waals surface area contributed by atoms with Crippen molar-refractivity contribution in [2.24, 2.45) is 0 Å². The molecule has 0 radical (unpaired) electrons. The fraction of sp³-hybridized carbons (Fsp3) is 0.0256. The molecule has 0 aliphatic carbocycles. The van der Waals surface area contributed by atoms with Gasteiger partial charge in [0.05, 0.1) is 0 Å². The topological polar surface area (TPSA) is 3.24 Å². The molecule has 7 rings (SSSR count). The van der Waals surface area contributed by atoms with Crippen molar-refractivity contribution in [3.05, 3.63) is 163 Å². The summed E-state index contributed by atoms with van der Waals surface area (Å²) in [4.78, 5) is 2.34. The fourth-order valence-corrected chi connectivity index (χ4v) is 5.73. The lowest BCUT2D eigenvalue weighted by molar-refractivity contribution is 1.27. The summed E-state index contributed by atoms with van der Waals surface area (Å²) in [5.41, 5.74) is 9.57. The van der Waals surface area contributed by atoms with Gasteiger partial charge in [0, 0.05) is 17.1 Å². The Kier molecular flexibility index (Phi) is 6.11. The van der Waals surface area contributed by atoms with E-state index >= 15 is 0 Å². The number of hydrogen-bond acceptors (Lipinski definition) is 1. The molecule has 0 heterocycles. The second-order valence-corrected chi connectivity index (χ2v) is 10.3. The molecule has 0 fully saturated rings. The second kappa shape index (κ2) is 10.2. The molecule has 0 unspecified atom stereocenters. The standard InChI is InChI=1S/C39H29N/c1-28-10-9-14-35(26-28)40(33-22-18-30(19-23-33)29-11-3-2-4-12-29)34-24-20-31(21-25-34)39-27-32-13-5-6-15-36(32)37-16-7-8-17-38(37)39/h2-27H,1H3. The van der Waals surface area contributed by atoms with Crippen molar-refractivity contribution in [3.8, 4) is 22.3 Å². The Morgan fingerprint density at radius 1 is 0.375 bits per heavy atom. The summed E-state index contributed by atoms with van der Waals surface area (Å²) in [5, 5.41) is 5.13. The van der Waals surface area contributed by atoms with Gasteiger partial charge in [-0.15, -0.1) is 0 Å². The first-order valence-electron chi connectivity index (χ1n) is 13.8. The molecule has 0 saturated carbocycles. The summed E-state index contributed by atoms with van der Waals surface area (Å²) in [6, 6.07) is 56.8. The fourth-order valence-electron chi connectivity index (χ4n) is 5.73. The Bertz CT molecular complexity index is 1930. The van der Waals surface area contributed by atoms with Crippen LogP contribution in [0.3, 0.4) is 0 Å². The molecule has 0 aromatic heterocycles.